The zero-order valence-electron chi connectivity index (χ0n) is 43.5. The third-order valence-electron chi connectivity index (χ3n) is 14.3. The van der Waals surface area contributed by atoms with Gasteiger partial charge >= 0.3 is 0 Å². The average Bonchev–Trinajstić information content (AvgIpc) is 3.90. The van der Waals surface area contributed by atoms with Crippen LogP contribution in [-0.4, -0.2) is 60.6 Å². The summed E-state index contributed by atoms with van der Waals surface area (Å²) in [6.45, 7) is 5.88. The maximum Gasteiger partial charge on any atom is 0.261 e. The number of hydrogen-bond acceptors (Lipinski definition) is 9. The number of nitrogens with zero attached hydrogens (tertiary/aromatic N) is 9. The first-order valence-corrected chi connectivity index (χ1v) is 26.0. The Kier molecular flexibility index (Phi) is 15.0. The Morgan fingerprint density at radius 3 is 0.962 bits per heavy atom. The highest BCUT2D eigenvalue weighted by Crippen LogP contribution is 2.29. The molecule has 390 valence electrons. The Bertz CT molecular complexity index is 3700. The quantitative estimate of drug-likeness (QED) is 0.136. The Labute approximate surface area is 448 Å². The molecule has 6 aromatic heterocycles. The summed E-state index contributed by atoms with van der Waals surface area (Å²) in [5.74, 6) is 20.1. The van der Waals surface area contributed by atoms with Crippen molar-refractivity contribution in [1.29, 1.82) is 0 Å². The van der Waals surface area contributed by atoms with Gasteiger partial charge in [-0.2, -0.15) is 0 Å². The van der Waals surface area contributed by atoms with Gasteiger partial charge < -0.3 is 0 Å². The summed E-state index contributed by atoms with van der Waals surface area (Å²) in [5.41, 5.74) is 2.09. The highest BCUT2D eigenvalue weighted by molar-refractivity contribution is 5.81. The molecule has 0 saturated heterocycles. The molecule has 0 bridgehead atoms. The van der Waals surface area contributed by atoms with Crippen LogP contribution in [0.2, 0.25) is 0 Å². The summed E-state index contributed by atoms with van der Waals surface area (Å²) in [4.78, 5) is 64.8. The van der Waals surface area contributed by atoms with Gasteiger partial charge in [0.05, 0.1) is 32.7 Å². The van der Waals surface area contributed by atoms with Gasteiger partial charge in [0.25, 0.3) is 16.7 Å². The minimum absolute atomic E-state index is 0.105. The lowest BCUT2D eigenvalue weighted by molar-refractivity contribution is 0.161. The van der Waals surface area contributed by atoms with Gasteiger partial charge in [0.15, 0.2) is 0 Å². The van der Waals surface area contributed by atoms with Crippen LogP contribution in [0.3, 0.4) is 0 Å². The van der Waals surface area contributed by atoms with Crippen LogP contribution in [0.4, 0.5) is 13.2 Å². The molecule has 3 aliphatic rings. The van der Waals surface area contributed by atoms with Gasteiger partial charge in [-0.25, -0.2) is 43.1 Å². The van der Waals surface area contributed by atoms with Crippen LogP contribution in [0, 0.1) is 35.5 Å². The molecule has 12 nitrogen and oxygen atoms in total. The van der Waals surface area contributed by atoms with E-state index in [1.54, 1.807) is 71.3 Å². The van der Waals surface area contributed by atoms with E-state index >= 15 is 0 Å². The Morgan fingerprint density at radius 2 is 0.692 bits per heavy atom. The van der Waals surface area contributed by atoms with E-state index in [1.165, 1.54) is 0 Å². The number of aryl methyl sites for hydroxylation is 3. The van der Waals surface area contributed by atoms with E-state index in [2.05, 4.69) is 65.4 Å². The molecule has 0 saturated carbocycles. The molecule has 0 N–H and O–H groups in total. The molecule has 0 aliphatic carbocycles. The number of aromatic nitrogens is 9. The molecule has 3 aromatic carbocycles. The molecule has 3 atom stereocenters. The molecule has 0 fully saturated rings. The van der Waals surface area contributed by atoms with E-state index in [9.17, 15) is 27.6 Å². The van der Waals surface area contributed by atoms with Gasteiger partial charge in [0.2, 0.25) is 0 Å². The number of alkyl halides is 3. The zero-order valence-corrected chi connectivity index (χ0v) is 43.5. The van der Waals surface area contributed by atoms with E-state index in [0.29, 0.717) is 145 Å². The van der Waals surface area contributed by atoms with Crippen molar-refractivity contribution >= 4 is 32.7 Å². The van der Waals surface area contributed by atoms with Crippen LogP contribution in [0.15, 0.2) is 142 Å². The molecule has 0 radical (unpaired) electrons. The Balaban J connectivity index is 0.000000132. The lowest BCUT2D eigenvalue weighted by Crippen LogP contribution is -2.25. The molecule has 12 rings (SSSR count). The number of pyridine rings is 3. The van der Waals surface area contributed by atoms with E-state index in [0.717, 1.165) is 16.7 Å². The van der Waals surface area contributed by atoms with Gasteiger partial charge in [-0.3, -0.25) is 28.1 Å². The number of rotatable bonds is 0. The minimum Gasteiger partial charge on any atom is -0.296 e. The monoisotopic (exact) mass is 1040 g/mol. The van der Waals surface area contributed by atoms with Crippen molar-refractivity contribution in [3.63, 3.8) is 0 Å². The maximum atomic E-state index is 14.3. The van der Waals surface area contributed by atoms with Crippen molar-refractivity contribution in [2.45, 2.75) is 115 Å². The van der Waals surface area contributed by atoms with Crippen LogP contribution in [0.1, 0.15) is 111 Å². The number of hydrogen-bond donors (Lipinski definition) is 0. The fourth-order valence-electron chi connectivity index (χ4n) is 9.54. The SMILES string of the molecule is CC1(F)CCc2nc3cc(C#Cc4ccccn4)ccc3c(=O)n2CC1.CC1(F)CCc2nc3cc(C#Cc4ccccn4)ccc3c(=O)n2CC1.CC1(F)CCc2nc3cc(C#Cc4ccccn4)ccc3c(=O)n2CC1. The molecule has 0 amide bonds. The number of benzene rings is 3. The predicted octanol–water partition coefficient (Wildman–Crippen LogP) is 9.77. The van der Waals surface area contributed by atoms with Crippen molar-refractivity contribution in [2.24, 2.45) is 0 Å². The van der Waals surface area contributed by atoms with Crippen LogP contribution in [0.25, 0.3) is 32.7 Å². The number of fused-ring (bicyclic) bond motifs is 6. The lowest BCUT2D eigenvalue weighted by atomic mass is 10.00. The first-order chi connectivity index (χ1) is 37.6. The standard InChI is InChI=1S/3C21H18FN3O/c3*1-21(22)10-9-19-24-18-14-15(5-7-16-4-2-3-12-23-16)6-8-17(18)20(26)25(19)13-11-21/h3*2-4,6,8,12,14H,9-11,13H2,1H3. The van der Waals surface area contributed by atoms with Gasteiger partial charge in [0, 0.05) is 74.2 Å². The molecule has 15 heteroatoms. The minimum atomic E-state index is -1.26. The molecular weight excluding hydrogens is 988 g/mol. The summed E-state index contributed by atoms with van der Waals surface area (Å²) >= 11 is 0. The van der Waals surface area contributed by atoms with E-state index in [1.807, 2.05) is 91.0 Å². The Hall–Kier alpha value is -9.00. The summed E-state index contributed by atoms with van der Waals surface area (Å²) < 4.78 is 47.9. The van der Waals surface area contributed by atoms with Crippen LogP contribution in [-0.2, 0) is 38.9 Å². The molecule has 9 heterocycles. The summed E-state index contributed by atoms with van der Waals surface area (Å²) in [6, 6.07) is 32.8. The van der Waals surface area contributed by atoms with Gasteiger partial charge in [0.1, 0.15) is 51.6 Å². The van der Waals surface area contributed by atoms with Crippen LogP contribution < -0.4 is 16.7 Å². The normalized spacial score (nSPS) is 19.3. The highest BCUT2D eigenvalue weighted by Gasteiger charge is 2.30. The first kappa shape index (κ1) is 52.4. The fraction of sp³-hybridized carbons (Fsp3) is 0.286. The van der Waals surface area contributed by atoms with Gasteiger partial charge in [-0.1, -0.05) is 36.0 Å². The van der Waals surface area contributed by atoms with Crippen molar-refractivity contribution in [2.75, 3.05) is 0 Å². The topological polar surface area (TPSA) is 143 Å². The van der Waals surface area contributed by atoms with Crippen LogP contribution in [0.5, 0.6) is 0 Å². The van der Waals surface area contributed by atoms with Crippen molar-refractivity contribution in [3.8, 4) is 35.5 Å². The van der Waals surface area contributed by atoms with Gasteiger partial charge in [-0.15, -0.1) is 0 Å². The smallest absolute Gasteiger partial charge is 0.261 e. The van der Waals surface area contributed by atoms with E-state index < -0.39 is 17.0 Å². The average molecular weight is 1040 g/mol. The first-order valence-electron chi connectivity index (χ1n) is 26.0. The molecule has 0 spiro atoms. The molecular formula is C63H54F3N9O3. The summed E-state index contributed by atoms with van der Waals surface area (Å²) in [5, 5.41) is 1.62. The highest BCUT2D eigenvalue weighted by atomic mass is 19.2. The number of halogens is 3. The van der Waals surface area contributed by atoms with E-state index in [-0.39, 0.29) is 16.7 Å². The Morgan fingerprint density at radius 1 is 0.397 bits per heavy atom. The third kappa shape index (κ3) is 12.5. The fourth-order valence-corrected chi connectivity index (χ4v) is 9.54. The lowest BCUT2D eigenvalue weighted by Gasteiger charge is -2.15. The van der Waals surface area contributed by atoms with Crippen molar-refractivity contribution in [1.82, 2.24) is 43.6 Å². The van der Waals surface area contributed by atoms with Gasteiger partial charge in [-0.05, 0) is 168 Å². The molecule has 3 unspecified atom stereocenters. The summed E-state index contributed by atoms with van der Waals surface area (Å²) in [6.07, 6.45) is 8.61. The molecule has 78 heavy (non-hydrogen) atoms. The largest absolute Gasteiger partial charge is 0.296 e. The second kappa shape index (κ2) is 22.3. The summed E-state index contributed by atoms with van der Waals surface area (Å²) in [7, 11) is 0. The predicted molar refractivity (Wildman–Crippen MR) is 296 cm³/mol. The second-order valence-corrected chi connectivity index (χ2v) is 20.5. The van der Waals surface area contributed by atoms with Crippen LogP contribution >= 0.6 is 0 Å². The van der Waals surface area contributed by atoms with E-state index in [4.69, 9.17) is 0 Å². The van der Waals surface area contributed by atoms with Crippen molar-refractivity contribution in [3.05, 3.63) is 210 Å². The van der Waals surface area contributed by atoms with Crippen molar-refractivity contribution < 1.29 is 13.2 Å². The molecule has 3 aliphatic heterocycles. The molecule has 9 aromatic rings. The zero-order chi connectivity index (χ0) is 54.4. The maximum absolute atomic E-state index is 14.3. The third-order valence-corrected chi connectivity index (χ3v) is 14.3. The second-order valence-electron chi connectivity index (χ2n) is 20.5.